The summed E-state index contributed by atoms with van der Waals surface area (Å²) in [5.74, 6) is 1.18. The largest absolute Gasteiger partial charge is 0.384 e. The molecule has 8 heteroatoms. The van der Waals surface area contributed by atoms with E-state index in [9.17, 15) is 14.9 Å². The highest BCUT2D eigenvalue weighted by Gasteiger charge is 2.34. The van der Waals surface area contributed by atoms with Crippen LogP contribution in [0.1, 0.15) is 61.4 Å². The molecule has 1 saturated heterocycles. The van der Waals surface area contributed by atoms with Crippen LogP contribution in [0.3, 0.4) is 0 Å². The van der Waals surface area contributed by atoms with Crippen molar-refractivity contribution in [2.75, 3.05) is 38.3 Å². The second-order valence-electron chi connectivity index (χ2n) is 9.81. The molecule has 1 aliphatic carbocycles. The van der Waals surface area contributed by atoms with Gasteiger partial charge in [-0.25, -0.2) is 4.98 Å². The van der Waals surface area contributed by atoms with Crippen LogP contribution in [0.2, 0.25) is 0 Å². The van der Waals surface area contributed by atoms with E-state index in [1.165, 1.54) is 6.92 Å². The Hall–Kier alpha value is -3.44. The fourth-order valence-electron chi connectivity index (χ4n) is 4.96. The molecule has 190 valence electrons. The molecule has 2 aliphatic rings. The van der Waals surface area contributed by atoms with Gasteiger partial charge in [-0.3, -0.25) is 9.59 Å². The smallest absolute Gasteiger partial charge is 0.225 e. The molecule has 0 bridgehead atoms. The van der Waals surface area contributed by atoms with E-state index in [4.69, 9.17) is 9.72 Å². The third-order valence-corrected chi connectivity index (χ3v) is 7.08. The van der Waals surface area contributed by atoms with Crippen molar-refractivity contribution < 1.29 is 14.3 Å². The maximum Gasteiger partial charge on any atom is 0.225 e. The van der Waals surface area contributed by atoms with Crippen LogP contribution in [0, 0.1) is 18.3 Å². The molecule has 1 aromatic carbocycles. The number of methoxy groups -OCH3 is 1. The highest BCUT2D eigenvalue weighted by atomic mass is 16.5. The molecule has 1 aromatic heterocycles. The summed E-state index contributed by atoms with van der Waals surface area (Å²) in [6.07, 6.45) is 2.58. The van der Waals surface area contributed by atoms with Crippen molar-refractivity contribution in [3.63, 3.8) is 0 Å². The van der Waals surface area contributed by atoms with Crippen molar-refractivity contribution in [2.24, 2.45) is 0 Å². The Morgan fingerprint density at radius 2 is 1.94 bits per heavy atom. The van der Waals surface area contributed by atoms with Crippen LogP contribution in [0.15, 0.2) is 24.3 Å². The van der Waals surface area contributed by atoms with E-state index in [1.54, 1.807) is 7.11 Å². The summed E-state index contributed by atoms with van der Waals surface area (Å²) < 4.78 is 5.07. The lowest BCUT2D eigenvalue weighted by atomic mass is 9.92. The highest BCUT2D eigenvalue weighted by molar-refractivity contribution is 5.79. The van der Waals surface area contributed by atoms with E-state index < -0.39 is 0 Å². The molecule has 2 aromatic rings. The minimum Gasteiger partial charge on any atom is -0.384 e. The van der Waals surface area contributed by atoms with Crippen molar-refractivity contribution >= 4 is 17.6 Å². The van der Waals surface area contributed by atoms with E-state index in [2.05, 4.69) is 35.3 Å². The lowest BCUT2D eigenvalue weighted by Crippen LogP contribution is -2.54. The van der Waals surface area contributed by atoms with Gasteiger partial charge in [-0.15, -0.1) is 0 Å². The van der Waals surface area contributed by atoms with Crippen LogP contribution in [-0.4, -0.2) is 61.1 Å². The summed E-state index contributed by atoms with van der Waals surface area (Å²) in [4.78, 5) is 33.0. The molecule has 0 unspecified atom stereocenters. The summed E-state index contributed by atoms with van der Waals surface area (Å²) in [6, 6.07) is 10.6. The minimum absolute atomic E-state index is 0.0250. The molecular weight excluding hydrogens is 454 g/mol. The number of aromatic nitrogens is 1. The van der Waals surface area contributed by atoms with Crippen molar-refractivity contribution in [1.29, 1.82) is 5.26 Å². The Labute approximate surface area is 213 Å². The zero-order valence-corrected chi connectivity index (χ0v) is 21.6. The zero-order valence-electron chi connectivity index (χ0n) is 21.6. The molecule has 2 amide bonds. The van der Waals surface area contributed by atoms with Crippen LogP contribution in [0.5, 0.6) is 0 Å². The van der Waals surface area contributed by atoms with E-state index in [0.29, 0.717) is 50.7 Å². The van der Waals surface area contributed by atoms with Gasteiger partial charge in [-0.05, 0) is 43.4 Å². The summed E-state index contributed by atoms with van der Waals surface area (Å²) in [5.41, 5.74) is 5.72. The van der Waals surface area contributed by atoms with Gasteiger partial charge < -0.3 is 19.9 Å². The van der Waals surface area contributed by atoms with Crippen molar-refractivity contribution in [1.82, 2.24) is 15.2 Å². The summed E-state index contributed by atoms with van der Waals surface area (Å²) in [5, 5.41) is 13.0. The van der Waals surface area contributed by atoms with Gasteiger partial charge in [0.05, 0.1) is 24.3 Å². The van der Waals surface area contributed by atoms with Crippen LogP contribution in [0.4, 0.5) is 5.82 Å². The van der Waals surface area contributed by atoms with Crippen molar-refractivity contribution in [3.05, 3.63) is 46.6 Å². The minimum atomic E-state index is -0.0566. The van der Waals surface area contributed by atoms with Gasteiger partial charge in [0.25, 0.3) is 0 Å². The fraction of sp³-hybridized carbons (Fsp3) is 0.500. The average Bonchev–Trinajstić information content (AvgIpc) is 3.71. The Morgan fingerprint density at radius 3 is 2.53 bits per heavy atom. The number of anilines is 1. The first-order chi connectivity index (χ1) is 17.3. The number of carbonyl (C=O) groups excluding carboxylic acids is 2. The van der Waals surface area contributed by atoms with E-state index in [0.717, 1.165) is 46.6 Å². The molecule has 0 radical (unpaired) electrons. The number of benzene rings is 1. The molecule has 36 heavy (non-hydrogen) atoms. The normalized spacial score (nSPS) is 17.6. The third-order valence-electron chi connectivity index (χ3n) is 7.08. The average molecular weight is 490 g/mol. The number of piperazine rings is 1. The second-order valence-corrected chi connectivity index (χ2v) is 9.81. The SMILES string of the molecule is COCCC(=O)N1CCN(c2nc(C3CC3)c(-c3ccc(CNC(C)=O)cc3)c(C)c2C#N)C[C@H]1C. The predicted octanol–water partition coefficient (Wildman–Crippen LogP) is 3.52. The maximum absolute atomic E-state index is 12.6. The lowest BCUT2D eigenvalue weighted by Gasteiger charge is -2.41. The quantitative estimate of drug-likeness (QED) is 0.609. The molecule has 1 atom stereocenters. The van der Waals surface area contributed by atoms with E-state index in [-0.39, 0.29) is 17.9 Å². The molecule has 2 fully saturated rings. The maximum atomic E-state index is 12.6. The number of nitriles is 1. The third kappa shape index (κ3) is 5.52. The van der Waals surface area contributed by atoms with Gasteiger partial charge >= 0.3 is 0 Å². The van der Waals surface area contributed by atoms with Gasteiger partial charge in [-0.2, -0.15) is 5.26 Å². The number of amides is 2. The number of ether oxygens (including phenoxy) is 1. The summed E-state index contributed by atoms with van der Waals surface area (Å²) in [7, 11) is 1.60. The highest BCUT2D eigenvalue weighted by Crippen LogP contribution is 2.46. The molecule has 4 rings (SSSR count). The summed E-state index contributed by atoms with van der Waals surface area (Å²) >= 11 is 0. The number of hydrogen-bond donors (Lipinski definition) is 1. The molecule has 1 saturated carbocycles. The first-order valence-electron chi connectivity index (χ1n) is 12.7. The standard InChI is InChI=1S/C28H35N5O3/c1-18-17-32(12-13-33(18)25(35)11-14-36-4)28-24(15-29)19(2)26(27(31-28)23-9-10-23)22-7-5-21(6-8-22)16-30-20(3)34/h5-8,18,23H,9-14,16-17H2,1-4H3,(H,30,34)/t18-/m1/s1. The molecule has 1 N–H and O–H groups in total. The van der Waals surface area contributed by atoms with Gasteiger partial charge in [-0.1, -0.05) is 24.3 Å². The zero-order chi connectivity index (χ0) is 25.8. The van der Waals surface area contributed by atoms with E-state index >= 15 is 0 Å². The van der Waals surface area contributed by atoms with Gasteiger partial charge in [0.2, 0.25) is 11.8 Å². The molecule has 8 nitrogen and oxygen atoms in total. The fourth-order valence-corrected chi connectivity index (χ4v) is 4.96. The van der Waals surface area contributed by atoms with E-state index in [1.807, 2.05) is 24.0 Å². The van der Waals surface area contributed by atoms with Gasteiger partial charge in [0, 0.05) is 57.7 Å². The number of nitrogens with one attached hydrogen (secondary N) is 1. The van der Waals surface area contributed by atoms with Crippen LogP contribution in [-0.2, 0) is 20.9 Å². The summed E-state index contributed by atoms with van der Waals surface area (Å²) in [6.45, 7) is 8.38. The number of carbonyl (C=O) groups is 2. The Balaban J connectivity index is 1.63. The second kappa shape index (κ2) is 11.1. The van der Waals surface area contributed by atoms with Crippen LogP contribution < -0.4 is 10.2 Å². The number of rotatable bonds is 8. The van der Waals surface area contributed by atoms with Gasteiger partial charge in [0.1, 0.15) is 11.9 Å². The number of nitrogens with zero attached hydrogens (tertiary/aromatic N) is 4. The van der Waals surface area contributed by atoms with Crippen LogP contribution in [0.25, 0.3) is 11.1 Å². The molecule has 0 spiro atoms. The predicted molar refractivity (Wildman–Crippen MR) is 139 cm³/mol. The first-order valence-corrected chi connectivity index (χ1v) is 12.7. The van der Waals surface area contributed by atoms with Gasteiger partial charge in [0.15, 0.2) is 0 Å². The molecule has 2 heterocycles. The first kappa shape index (κ1) is 25.6. The lowest BCUT2D eigenvalue weighted by molar-refractivity contribution is -0.134. The van der Waals surface area contributed by atoms with Crippen LogP contribution >= 0.6 is 0 Å². The Morgan fingerprint density at radius 1 is 1.22 bits per heavy atom. The molecular formula is C28H35N5O3. The Bertz CT molecular complexity index is 1170. The number of pyridine rings is 1. The van der Waals surface area contributed by atoms with Crippen molar-refractivity contribution in [2.45, 2.75) is 58.5 Å². The number of hydrogen-bond acceptors (Lipinski definition) is 6. The topological polar surface area (TPSA) is 98.6 Å². The monoisotopic (exact) mass is 489 g/mol. The molecule has 1 aliphatic heterocycles. The van der Waals surface area contributed by atoms with Crippen molar-refractivity contribution in [3.8, 4) is 17.2 Å². The Kier molecular flexibility index (Phi) is 7.90.